The van der Waals surface area contributed by atoms with Crippen LogP contribution in [0.5, 0.6) is 0 Å². The van der Waals surface area contributed by atoms with Gasteiger partial charge in [0, 0.05) is 11.1 Å². The molecule has 10 nitrogen and oxygen atoms in total. The quantitative estimate of drug-likeness (QED) is 0.131. The molecule has 0 spiro atoms. The normalized spacial score (nSPS) is 16.0. The molecule has 0 saturated heterocycles. The van der Waals surface area contributed by atoms with E-state index >= 15 is 0 Å². The summed E-state index contributed by atoms with van der Waals surface area (Å²) in [4.78, 5) is 33.6. The minimum atomic E-state index is -0.606. The molecule has 0 aliphatic carbocycles. The Labute approximate surface area is 293 Å². The van der Waals surface area contributed by atoms with Gasteiger partial charge in [0.2, 0.25) is 0 Å². The molecule has 4 aromatic carbocycles. The first-order valence-electron chi connectivity index (χ1n) is 16.5. The zero-order valence-electron chi connectivity index (χ0n) is 29.4. The Hall–Kier alpha value is -5.90. The Morgan fingerprint density at radius 1 is 0.600 bits per heavy atom. The van der Waals surface area contributed by atoms with E-state index in [1.807, 2.05) is 126 Å². The van der Waals surface area contributed by atoms with Crippen molar-refractivity contribution < 1.29 is 9.59 Å². The van der Waals surface area contributed by atoms with Crippen molar-refractivity contribution in [1.29, 1.82) is 0 Å². The van der Waals surface area contributed by atoms with Crippen LogP contribution >= 0.6 is 0 Å². The van der Waals surface area contributed by atoms with Crippen molar-refractivity contribution in [1.82, 2.24) is 0 Å². The molecular weight excluding hydrogens is 624 g/mol. The van der Waals surface area contributed by atoms with Gasteiger partial charge in [-0.05, 0) is 95.3 Å². The zero-order chi connectivity index (χ0) is 36.1. The molecule has 0 unspecified atom stereocenters. The fraction of sp³-hybridized carbons (Fsp3) is 0.250. The van der Waals surface area contributed by atoms with Crippen LogP contribution in [0.15, 0.2) is 117 Å². The summed E-state index contributed by atoms with van der Waals surface area (Å²) in [6.45, 7) is 12.2. The zero-order valence-corrected chi connectivity index (χ0v) is 29.4. The summed E-state index contributed by atoms with van der Waals surface area (Å²) in [7, 11) is 0. The Morgan fingerprint density at radius 2 is 1.06 bits per heavy atom. The summed E-state index contributed by atoms with van der Waals surface area (Å²) in [6.07, 6.45) is 1.62. The van der Waals surface area contributed by atoms with E-state index in [2.05, 4.69) is 33.2 Å². The average Bonchev–Trinajstić information content (AvgIpc) is 3.05. The molecule has 10 heteroatoms. The van der Waals surface area contributed by atoms with Crippen LogP contribution in [0, 0.1) is 13.8 Å². The number of nitrogens with zero attached hydrogens (tertiary/aromatic N) is 4. The average molecular weight is 669 g/mol. The van der Waals surface area contributed by atoms with Gasteiger partial charge in [-0.2, -0.15) is 10.2 Å². The van der Waals surface area contributed by atoms with Crippen molar-refractivity contribution in [2.24, 2.45) is 31.7 Å². The number of nitrogens with one attached hydrogen (secondary N) is 2. The third kappa shape index (κ3) is 8.76. The predicted octanol–water partition coefficient (Wildman–Crippen LogP) is 6.14. The lowest BCUT2D eigenvalue weighted by molar-refractivity contribution is -0.112. The lowest BCUT2D eigenvalue weighted by Crippen LogP contribution is -2.38. The van der Waals surface area contributed by atoms with Gasteiger partial charge < -0.3 is 11.5 Å². The molecule has 2 heterocycles. The lowest BCUT2D eigenvalue weighted by Gasteiger charge is -2.28. The molecular formula is C40H44N8O2. The monoisotopic (exact) mass is 668 g/mol. The van der Waals surface area contributed by atoms with Crippen LogP contribution in [0.4, 0.5) is 11.4 Å². The Morgan fingerprint density at radius 3 is 1.52 bits per heavy atom. The van der Waals surface area contributed by atoms with Gasteiger partial charge in [-0.1, -0.05) is 78.4 Å². The number of hydrogen-bond acceptors (Lipinski definition) is 8. The first-order valence-corrected chi connectivity index (χ1v) is 16.5. The molecule has 0 saturated carbocycles. The van der Waals surface area contributed by atoms with Gasteiger partial charge in [-0.15, -0.1) is 0 Å². The predicted molar refractivity (Wildman–Crippen MR) is 204 cm³/mol. The minimum Gasteiger partial charge on any atom is -0.364 e. The van der Waals surface area contributed by atoms with E-state index in [9.17, 15) is 9.59 Å². The second-order valence-electron chi connectivity index (χ2n) is 13.8. The molecule has 0 bridgehead atoms. The number of anilines is 2. The third-order valence-electron chi connectivity index (χ3n) is 8.20. The smallest absolute Gasteiger partial charge is 0.271 e. The fourth-order valence-electron chi connectivity index (χ4n) is 5.94. The molecule has 4 aromatic rings. The number of carbonyl (C=O) groups excluding carboxylic acids is 2. The van der Waals surface area contributed by atoms with Crippen LogP contribution in [0.2, 0.25) is 0 Å². The molecule has 50 heavy (non-hydrogen) atoms. The van der Waals surface area contributed by atoms with E-state index in [4.69, 9.17) is 21.5 Å². The number of rotatable bonds is 8. The summed E-state index contributed by atoms with van der Waals surface area (Å²) >= 11 is 0. The molecule has 6 N–H and O–H groups in total. The van der Waals surface area contributed by atoms with Gasteiger partial charge in [-0.25, -0.2) is 0 Å². The summed E-state index contributed by atoms with van der Waals surface area (Å²) in [6, 6.07) is 31.3. The summed E-state index contributed by atoms with van der Waals surface area (Å²) in [5.41, 5.74) is 25.7. The maximum Gasteiger partial charge on any atom is 0.271 e. The van der Waals surface area contributed by atoms with Gasteiger partial charge >= 0.3 is 0 Å². The van der Waals surface area contributed by atoms with Crippen molar-refractivity contribution in [3.63, 3.8) is 0 Å². The second kappa shape index (κ2) is 14.7. The van der Waals surface area contributed by atoms with Gasteiger partial charge in [0.15, 0.2) is 11.4 Å². The van der Waals surface area contributed by atoms with Crippen molar-refractivity contribution in [3.8, 4) is 0 Å². The largest absolute Gasteiger partial charge is 0.364 e. The van der Waals surface area contributed by atoms with Crippen molar-refractivity contribution in [2.75, 3.05) is 10.9 Å². The van der Waals surface area contributed by atoms with E-state index in [0.717, 1.165) is 57.6 Å². The lowest BCUT2D eigenvalue weighted by atomic mass is 9.85. The topological polar surface area (TPSA) is 160 Å². The Kier molecular flexibility index (Phi) is 10.4. The Bertz CT molecular complexity index is 2040. The van der Waals surface area contributed by atoms with Crippen molar-refractivity contribution >= 4 is 46.0 Å². The summed E-state index contributed by atoms with van der Waals surface area (Å²) in [5, 5.41) is 8.56. The number of carbonyl (C=O) groups is 2. The molecule has 256 valence electrons. The van der Waals surface area contributed by atoms with Gasteiger partial charge in [-0.3, -0.25) is 30.4 Å². The van der Waals surface area contributed by atoms with E-state index in [1.165, 1.54) is 0 Å². The molecule has 2 aliphatic heterocycles. The number of primary amides is 2. The van der Waals surface area contributed by atoms with Crippen LogP contribution in [0.25, 0.3) is 0 Å². The van der Waals surface area contributed by atoms with Crippen LogP contribution < -0.4 is 22.3 Å². The van der Waals surface area contributed by atoms with E-state index < -0.39 is 11.8 Å². The highest BCUT2D eigenvalue weighted by Crippen LogP contribution is 2.29. The van der Waals surface area contributed by atoms with Gasteiger partial charge in [0.05, 0.1) is 33.9 Å². The summed E-state index contributed by atoms with van der Waals surface area (Å²) < 4.78 is 0. The first kappa shape index (κ1) is 35.4. The van der Waals surface area contributed by atoms with E-state index in [0.29, 0.717) is 11.4 Å². The number of aliphatic imine (C=N–C) groups is 2. The van der Waals surface area contributed by atoms with E-state index in [-0.39, 0.29) is 22.5 Å². The van der Waals surface area contributed by atoms with E-state index in [1.54, 1.807) is 0 Å². The van der Waals surface area contributed by atoms with Crippen LogP contribution in [-0.2, 0) is 22.4 Å². The number of aryl methyl sites for hydroxylation is 2. The maximum atomic E-state index is 12.1. The highest BCUT2D eigenvalue weighted by atomic mass is 16.1. The minimum absolute atomic E-state index is 0.140. The SMILES string of the molecule is Cc1ccc(NN=C(C(N)=O)C2=NC(C)(C)Cc3ccccc32)cc1.Cc1cccc(NN=C(C(N)=O)C2=NC(C)(C)Cc3ccccc32)c1. The highest BCUT2D eigenvalue weighted by Gasteiger charge is 2.32. The van der Waals surface area contributed by atoms with Crippen molar-refractivity contribution in [2.45, 2.75) is 65.5 Å². The van der Waals surface area contributed by atoms with Crippen LogP contribution in [0.1, 0.15) is 61.1 Å². The number of amides is 2. The van der Waals surface area contributed by atoms with Crippen LogP contribution in [0.3, 0.4) is 0 Å². The maximum absolute atomic E-state index is 12.1. The van der Waals surface area contributed by atoms with Crippen LogP contribution in [-0.4, -0.2) is 45.7 Å². The standard InChI is InChI=1S/2C20H22N4O/c1-13-7-6-9-15(11-13)23-24-18(19(21)25)17-16-10-5-4-8-14(16)12-20(2,3)22-17;1-13-8-10-15(11-9-13)23-24-18(19(21)25)17-16-7-5-4-6-14(16)12-20(2,3)22-17/h2*4-11,23H,12H2,1-3H3,(H2,21,25). The number of hydrogen-bond donors (Lipinski definition) is 4. The number of nitrogens with two attached hydrogens (primary N) is 2. The number of hydrazone groups is 2. The van der Waals surface area contributed by atoms with Gasteiger partial charge in [0.25, 0.3) is 11.8 Å². The molecule has 0 aromatic heterocycles. The summed E-state index contributed by atoms with van der Waals surface area (Å²) in [5.74, 6) is -1.21. The molecule has 2 aliphatic rings. The number of benzene rings is 4. The Balaban J connectivity index is 0.000000194. The third-order valence-corrected chi connectivity index (χ3v) is 8.20. The molecule has 2 amide bonds. The highest BCUT2D eigenvalue weighted by molar-refractivity contribution is 6.70. The van der Waals surface area contributed by atoms with Crippen molar-refractivity contribution in [3.05, 3.63) is 130 Å². The molecule has 6 rings (SSSR count). The molecule has 0 radical (unpaired) electrons. The van der Waals surface area contributed by atoms with Gasteiger partial charge in [0.1, 0.15) is 0 Å². The molecule has 0 fully saturated rings. The molecule has 0 atom stereocenters. The second-order valence-corrected chi connectivity index (χ2v) is 13.8. The first-order chi connectivity index (χ1) is 23.7. The fourth-order valence-corrected chi connectivity index (χ4v) is 5.94. The number of fused-ring (bicyclic) bond motifs is 2.